The first kappa shape index (κ1) is 8.91. The molecule has 1 aromatic heterocycles. The molecule has 0 radical (unpaired) electrons. The Hall–Kier alpha value is -1.36. The van der Waals surface area contributed by atoms with Gasteiger partial charge in [0, 0.05) is 10.9 Å². The maximum atomic E-state index is 11.6. The quantitative estimate of drug-likeness (QED) is 0.827. The van der Waals surface area contributed by atoms with Crippen molar-refractivity contribution in [3.63, 3.8) is 0 Å². The number of nitrogens with zero attached hydrogens (tertiary/aromatic N) is 2. The van der Waals surface area contributed by atoms with E-state index in [0.717, 1.165) is 17.7 Å². The molecular formula is C10H11N3OS. The van der Waals surface area contributed by atoms with Crippen LogP contribution in [0.4, 0.5) is 4.79 Å². The van der Waals surface area contributed by atoms with Crippen LogP contribution in [0.3, 0.4) is 0 Å². The molecule has 4 nitrogen and oxygen atoms in total. The summed E-state index contributed by atoms with van der Waals surface area (Å²) in [4.78, 5) is 18.4. The molecule has 0 bridgehead atoms. The number of urea groups is 1. The summed E-state index contributed by atoms with van der Waals surface area (Å²) in [6, 6.07) is 4.06. The van der Waals surface area contributed by atoms with Gasteiger partial charge in [0.05, 0.1) is 0 Å². The molecule has 1 unspecified atom stereocenters. The number of amidine groups is 1. The van der Waals surface area contributed by atoms with Crippen molar-refractivity contribution in [1.29, 1.82) is 0 Å². The molecule has 0 saturated heterocycles. The summed E-state index contributed by atoms with van der Waals surface area (Å²) in [6.45, 7) is 0. The van der Waals surface area contributed by atoms with E-state index in [1.165, 1.54) is 0 Å². The van der Waals surface area contributed by atoms with Crippen molar-refractivity contribution in [2.24, 2.45) is 10.7 Å². The number of rotatable bonds is 2. The van der Waals surface area contributed by atoms with Crippen molar-refractivity contribution >= 4 is 23.2 Å². The van der Waals surface area contributed by atoms with Crippen LogP contribution in [-0.4, -0.2) is 22.8 Å². The molecule has 0 aromatic carbocycles. The minimum Gasteiger partial charge on any atom is -0.385 e. The lowest BCUT2D eigenvalue weighted by Crippen LogP contribution is -2.34. The third-order valence-electron chi connectivity index (χ3n) is 2.76. The molecule has 78 valence electrons. The zero-order valence-corrected chi connectivity index (χ0v) is 8.91. The van der Waals surface area contributed by atoms with Crippen LogP contribution in [0.5, 0.6) is 0 Å². The largest absolute Gasteiger partial charge is 0.385 e. The van der Waals surface area contributed by atoms with E-state index in [4.69, 9.17) is 5.73 Å². The van der Waals surface area contributed by atoms with E-state index >= 15 is 0 Å². The SMILES string of the molecule is NC1=NC(=O)N(C2CC2)C1c1cccs1. The Labute approximate surface area is 91.4 Å². The van der Waals surface area contributed by atoms with Gasteiger partial charge in [0.15, 0.2) is 0 Å². The number of nitrogens with two attached hydrogens (primary N) is 1. The number of amides is 2. The van der Waals surface area contributed by atoms with Crippen molar-refractivity contribution in [3.05, 3.63) is 22.4 Å². The molecule has 1 aliphatic carbocycles. The fourth-order valence-corrected chi connectivity index (χ4v) is 2.77. The molecule has 3 rings (SSSR count). The molecular weight excluding hydrogens is 210 g/mol. The van der Waals surface area contributed by atoms with Crippen molar-refractivity contribution < 1.29 is 4.79 Å². The maximum absolute atomic E-state index is 11.6. The Balaban J connectivity index is 1.97. The first-order valence-corrected chi connectivity index (χ1v) is 5.85. The van der Waals surface area contributed by atoms with Gasteiger partial charge in [-0.2, -0.15) is 4.99 Å². The lowest BCUT2D eigenvalue weighted by Gasteiger charge is -2.22. The lowest BCUT2D eigenvalue weighted by atomic mass is 10.2. The molecule has 1 saturated carbocycles. The summed E-state index contributed by atoms with van der Waals surface area (Å²) in [7, 11) is 0. The summed E-state index contributed by atoms with van der Waals surface area (Å²) in [5.74, 6) is 0.439. The lowest BCUT2D eigenvalue weighted by molar-refractivity contribution is 0.204. The van der Waals surface area contributed by atoms with Crippen LogP contribution in [0.2, 0.25) is 0 Å². The smallest absolute Gasteiger partial charge is 0.346 e. The summed E-state index contributed by atoms with van der Waals surface area (Å²) < 4.78 is 0. The van der Waals surface area contributed by atoms with Crippen LogP contribution in [0, 0.1) is 0 Å². The summed E-state index contributed by atoms with van der Waals surface area (Å²) in [5.41, 5.74) is 5.81. The van der Waals surface area contributed by atoms with Gasteiger partial charge >= 0.3 is 6.03 Å². The van der Waals surface area contributed by atoms with Crippen molar-refractivity contribution in [1.82, 2.24) is 4.90 Å². The van der Waals surface area contributed by atoms with E-state index in [-0.39, 0.29) is 12.1 Å². The van der Waals surface area contributed by atoms with Crippen molar-refractivity contribution in [3.8, 4) is 0 Å². The van der Waals surface area contributed by atoms with E-state index in [2.05, 4.69) is 4.99 Å². The zero-order valence-electron chi connectivity index (χ0n) is 8.09. The Morgan fingerprint density at radius 2 is 2.33 bits per heavy atom. The first-order valence-electron chi connectivity index (χ1n) is 4.97. The van der Waals surface area contributed by atoms with Gasteiger partial charge in [-0.3, -0.25) is 0 Å². The monoisotopic (exact) mass is 221 g/mol. The summed E-state index contributed by atoms with van der Waals surface area (Å²) in [5, 5.41) is 2.00. The second-order valence-electron chi connectivity index (χ2n) is 3.88. The first-order chi connectivity index (χ1) is 7.27. The van der Waals surface area contributed by atoms with Crippen LogP contribution in [0.15, 0.2) is 22.5 Å². The van der Waals surface area contributed by atoms with E-state index in [0.29, 0.717) is 11.9 Å². The standard InChI is InChI=1S/C10H11N3OS/c11-9-8(7-2-1-5-15-7)13(6-3-4-6)10(14)12-9/h1-2,5-6,8H,3-4H2,(H2,11,12,14). The fourth-order valence-electron chi connectivity index (χ4n) is 1.93. The third kappa shape index (κ3) is 1.34. The average molecular weight is 221 g/mol. The van der Waals surface area contributed by atoms with E-state index in [1.54, 1.807) is 11.3 Å². The molecule has 2 aliphatic rings. The second kappa shape index (κ2) is 3.06. The van der Waals surface area contributed by atoms with Gasteiger partial charge < -0.3 is 10.6 Å². The highest BCUT2D eigenvalue weighted by Gasteiger charge is 2.43. The molecule has 1 atom stereocenters. The molecule has 5 heteroatoms. The molecule has 1 aliphatic heterocycles. The highest BCUT2D eigenvalue weighted by Crippen LogP contribution is 2.39. The highest BCUT2D eigenvalue weighted by atomic mass is 32.1. The minimum absolute atomic E-state index is 0.106. The fraction of sp³-hybridized carbons (Fsp3) is 0.400. The minimum atomic E-state index is -0.173. The van der Waals surface area contributed by atoms with Gasteiger partial charge in [0.2, 0.25) is 0 Å². The van der Waals surface area contributed by atoms with E-state index in [9.17, 15) is 4.79 Å². The average Bonchev–Trinajstić information content (AvgIpc) is 2.79. The molecule has 1 aromatic rings. The van der Waals surface area contributed by atoms with Gasteiger partial charge in [-0.25, -0.2) is 4.79 Å². The number of aliphatic imine (C=N–C) groups is 1. The van der Waals surface area contributed by atoms with Gasteiger partial charge in [-0.15, -0.1) is 11.3 Å². The number of hydrogen-bond acceptors (Lipinski definition) is 3. The van der Waals surface area contributed by atoms with E-state index < -0.39 is 0 Å². The van der Waals surface area contributed by atoms with Crippen LogP contribution in [-0.2, 0) is 0 Å². The molecule has 2 N–H and O–H groups in total. The van der Waals surface area contributed by atoms with Gasteiger partial charge in [-0.1, -0.05) is 6.07 Å². The number of carbonyl (C=O) groups excluding carboxylic acids is 1. The Bertz CT molecular complexity index is 422. The van der Waals surface area contributed by atoms with Gasteiger partial charge in [0.1, 0.15) is 11.9 Å². The Kier molecular flexibility index (Phi) is 1.82. The Morgan fingerprint density at radius 1 is 1.53 bits per heavy atom. The highest BCUT2D eigenvalue weighted by molar-refractivity contribution is 7.10. The number of carbonyl (C=O) groups is 1. The van der Waals surface area contributed by atoms with Crippen LogP contribution in [0.1, 0.15) is 23.8 Å². The van der Waals surface area contributed by atoms with Crippen molar-refractivity contribution in [2.45, 2.75) is 24.9 Å². The summed E-state index contributed by atoms with van der Waals surface area (Å²) in [6.07, 6.45) is 2.16. The van der Waals surface area contributed by atoms with Gasteiger partial charge in [0.25, 0.3) is 0 Å². The molecule has 0 spiro atoms. The number of thiophene rings is 1. The molecule has 1 fully saturated rings. The molecule has 15 heavy (non-hydrogen) atoms. The van der Waals surface area contributed by atoms with Crippen LogP contribution in [0.25, 0.3) is 0 Å². The molecule has 2 heterocycles. The zero-order chi connectivity index (χ0) is 10.4. The van der Waals surface area contributed by atoms with E-state index in [1.807, 2.05) is 22.4 Å². The molecule has 2 amide bonds. The normalized spacial score (nSPS) is 25.9. The predicted molar refractivity (Wildman–Crippen MR) is 58.9 cm³/mol. The topological polar surface area (TPSA) is 58.7 Å². The van der Waals surface area contributed by atoms with Crippen LogP contribution < -0.4 is 5.73 Å². The Morgan fingerprint density at radius 3 is 2.93 bits per heavy atom. The maximum Gasteiger partial charge on any atom is 0.346 e. The second-order valence-corrected chi connectivity index (χ2v) is 4.85. The summed E-state index contributed by atoms with van der Waals surface area (Å²) >= 11 is 1.62. The van der Waals surface area contributed by atoms with Gasteiger partial charge in [-0.05, 0) is 24.3 Å². The third-order valence-corrected chi connectivity index (χ3v) is 3.68. The van der Waals surface area contributed by atoms with Crippen LogP contribution >= 0.6 is 11.3 Å². The predicted octanol–water partition coefficient (Wildman–Crippen LogP) is 1.74. The van der Waals surface area contributed by atoms with Crippen molar-refractivity contribution in [2.75, 3.05) is 0 Å². The number of hydrogen-bond donors (Lipinski definition) is 1.